The molecule has 0 radical (unpaired) electrons. The average molecular weight is 530 g/mol. The molecule has 2 saturated heterocycles. The molecule has 0 saturated carbocycles. The molecular formula is C26H28ClN3O3S2. The molecule has 0 aliphatic carbocycles. The molecule has 184 valence electrons. The number of amides is 1. The van der Waals surface area contributed by atoms with Crippen LogP contribution in [-0.2, 0) is 20.4 Å². The van der Waals surface area contributed by atoms with Crippen LogP contribution in [0.15, 0.2) is 58.9 Å². The summed E-state index contributed by atoms with van der Waals surface area (Å²) in [5.74, 6) is 0.341. The fourth-order valence-corrected chi connectivity index (χ4v) is 7.78. The Morgan fingerprint density at radius 3 is 2.63 bits per heavy atom. The van der Waals surface area contributed by atoms with E-state index in [1.165, 1.54) is 16.9 Å². The molecule has 0 spiro atoms. The van der Waals surface area contributed by atoms with Crippen LogP contribution in [0.5, 0.6) is 0 Å². The standard InChI is InChI=1S/C26H28ClN3O3S2/c1-18-13-20(15-21(27)14-18)19-3-2-10-29(16-19)24-8-11-30(26(24)31)22-4-6-23(7-5-22)35(32,33)17-25-28-9-12-34-25/h4-7,9,12-15,19,24H,2-3,8,10-11,16-17H2,1H3/t19-,24-/m0/s1. The van der Waals surface area contributed by atoms with Crippen molar-refractivity contribution in [3.05, 3.63) is 75.2 Å². The van der Waals surface area contributed by atoms with Gasteiger partial charge < -0.3 is 4.90 Å². The first-order chi connectivity index (χ1) is 16.8. The molecule has 3 aromatic rings. The van der Waals surface area contributed by atoms with Crippen molar-refractivity contribution in [2.75, 3.05) is 24.5 Å². The second-order valence-corrected chi connectivity index (χ2v) is 12.8. The van der Waals surface area contributed by atoms with E-state index in [0.717, 1.165) is 48.6 Å². The minimum atomic E-state index is -3.48. The summed E-state index contributed by atoms with van der Waals surface area (Å²) in [4.78, 5) is 21.8. The molecule has 0 N–H and O–H groups in total. The van der Waals surface area contributed by atoms with E-state index in [1.54, 1.807) is 40.7 Å². The number of anilines is 1. The maximum Gasteiger partial charge on any atom is 0.244 e. The van der Waals surface area contributed by atoms with Crippen LogP contribution >= 0.6 is 22.9 Å². The minimum Gasteiger partial charge on any atom is -0.311 e. The van der Waals surface area contributed by atoms with Crippen LogP contribution < -0.4 is 4.90 Å². The van der Waals surface area contributed by atoms with Gasteiger partial charge in [0.05, 0.1) is 10.9 Å². The Labute approximate surface area is 215 Å². The summed E-state index contributed by atoms with van der Waals surface area (Å²) in [5, 5.41) is 3.10. The lowest BCUT2D eigenvalue weighted by atomic mass is 9.89. The van der Waals surface area contributed by atoms with Gasteiger partial charge in [-0.15, -0.1) is 11.3 Å². The quantitative estimate of drug-likeness (QED) is 0.446. The number of rotatable bonds is 6. The molecule has 2 aliphatic heterocycles. The first-order valence-electron chi connectivity index (χ1n) is 11.8. The van der Waals surface area contributed by atoms with E-state index in [-0.39, 0.29) is 22.6 Å². The Kier molecular flexibility index (Phi) is 6.99. The number of hydrogen-bond donors (Lipinski definition) is 0. The van der Waals surface area contributed by atoms with Crippen molar-refractivity contribution in [3.8, 4) is 0 Å². The van der Waals surface area contributed by atoms with Crippen molar-refractivity contribution >= 4 is 44.4 Å². The largest absolute Gasteiger partial charge is 0.311 e. The minimum absolute atomic E-state index is 0.0892. The lowest BCUT2D eigenvalue weighted by molar-refractivity contribution is -0.122. The Bertz CT molecular complexity index is 1290. The van der Waals surface area contributed by atoms with Gasteiger partial charge in [0.25, 0.3) is 0 Å². The monoisotopic (exact) mass is 529 g/mol. The summed E-state index contributed by atoms with van der Waals surface area (Å²) in [6.07, 6.45) is 4.52. The smallest absolute Gasteiger partial charge is 0.244 e. The normalized spacial score (nSPS) is 21.5. The maximum atomic E-state index is 13.4. The van der Waals surface area contributed by atoms with Crippen LogP contribution in [0.1, 0.15) is 41.3 Å². The van der Waals surface area contributed by atoms with Crippen LogP contribution in [0.2, 0.25) is 5.02 Å². The molecule has 6 nitrogen and oxygen atoms in total. The number of nitrogens with zero attached hydrogens (tertiary/aromatic N) is 3. The number of carbonyl (C=O) groups excluding carboxylic acids is 1. The van der Waals surface area contributed by atoms with Gasteiger partial charge >= 0.3 is 0 Å². The van der Waals surface area contributed by atoms with Crippen LogP contribution in [0, 0.1) is 6.92 Å². The third kappa shape index (κ3) is 5.31. The fourth-order valence-electron chi connectivity index (χ4n) is 5.23. The SMILES string of the molecule is Cc1cc(Cl)cc([C@H]2CCCN([C@H]3CCN(c4ccc(S(=O)(=O)Cc5nccs5)cc4)C3=O)C2)c1. The predicted molar refractivity (Wildman–Crippen MR) is 140 cm³/mol. The summed E-state index contributed by atoms with van der Waals surface area (Å²) in [7, 11) is -3.48. The first kappa shape index (κ1) is 24.4. The van der Waals surface area contributed by atoms with Crippen LogP contribution in [0.4, 0.5) is 5.69 Å². The molecule has 2 aromatic carbocycles. The van der Waals surface area contributed by atoms with Gasteiger partial charge in [0.2, 0.25) is 5.91 Å². The third-order valence-electron chi connectivity index (χ3n) is 6.91. The molecule has 35 heavy (non-hydrogen) atoms. The van der Waals surface area contributed by atoms with Crippen molar-refractivity contribution in [2.45, 2.75) is 48.8 Å². The number of piperidine rings is 1. The zero-order valence-electron chi connectivity index (χ0n) is 19.6. The zero-order chi connectivity index (χ0) is 24.6. The summed E-state index contributed by atoms with van der Waals surface area (Å²) >= 11 is 7.63. The van der Waals surface area contributed by atoms with Gasteiger partial charge in [-0.1, -0.05) is 17.7 Å². The number of likely N-dealkylation sites (tertiary alicyclic amines) is 1. The third-order valence-corrected chi connectivity index (χ3v) is 9.74. The van der Waals surface area contributed by atoms with Crippen molar-refractivity contribution in [1.82, 2.24) is 9.88 Å². The van der Waals surface area contributed by atoms with Crippen molar-refractivity contribution < 1.29 is 13.2 Å². The van der Waals surface area contributed by atoms with Gasteiger partial charge in [0.15, 0.2) is 9.84 Å². The Morgan fingerprint density at radius 2 is 1.91 bits per heavy atom. The molecule has 0 unspecified atom stereocenters. The number of aromatic nitrogens is 1. The van der Waals surface area contributed by atoms with E-state index in [9.17, 15) is 13.2 Å². The molecule has 2 aliphatic rings. The van der Waals surface area contributed by atoms with E-state index >= 15 is 0 Å². The number of halogens is 1. The molecule has 1 aromatic heterocycles. The van der Waals surface area contributed by atoms with E-state index in [4.69, 9.17) is 11.6 Å². The van der Waals surface area contributed by atoms with Crippen molar-refractivity contribution in [3.63, 3.8) is 0 Å². The summed E-state index contributed by atoms with van der Waals surface area (Å²) in [5.41, 5.74) is 3.14. The van der Waals surface area contributed by atoms with Gasteiger partial charge in [-0.3, -0.25) is 9.69 Å². The number of sulfone groups is 1. The van der Waals surface area contributed by atoms with Gasteiger partial charge in [0, 0.05) is 35.4 Å². The van der Waals surface area contributed by atoms with Crippen LogP contribution in [-0.4, -0.2) is 49.9 Å². The molecular weight excluding hydrogens is 502 g/mol. The number of hydrogen-bond acceptors (Lipinski definition) is 6. The first-order valence-corrected chi connectivity index (χ1v) is 14.7. The summed E-state index contributed by atoms with van der Waals surface area (Å²) in [6, 6.07) is 12.7. The Morgan fingerprint density at radius 1 is 1.11 bits per heavy atom. The lowest BCUT2D eigenvalue weighted by Crippen LogP contribution is -2.46. The Balaban J connectivity index is 1.27. The molecule has 2 fully saturated rings. The molecule has 2 atom stereocenters. The van der Waals surface area contributed by atoms with Gasteiger partial charge in [-0.05, 0) is 86.2 Å². The van der Waals surface area contributed by atoms with Gasteiger partial charge in [-0.2, -0.15) is 0 Å². The van der Waals surface area contributed by atoms with Crippen molar-refractivity contribution in [1.29, 1.82) is 0 Å². The highest BCUT2D eigenvalue weighted by molar-refractivity contribution is 7.90. The van der Waals surface area contributed by atoms with Crippen molar-refractivity contribution in [2.24, 2.45) is 0 Å². The number of benzene rings is 2. The number of carbonyl (C=O) groups is 1. The second-order valence-electron chi connectivity index (χ2n) is 9.37. The zero-order valence-corrected chi connectivity index (χ0v) is 22.0. The topological polar surface area (TPSA) is 70.6 Å². The van der Waals surface area contributed by atoms with Crippen LogP contribution in [0.25, 0.3) is 0 Å². The molecule has 9 heteroatoms. The summed E-state index contributed by atoms with van der Waals surface area (Å²) in [6.45, 7) is 4.45. The molecule has 3 heterocycles. The van der Waals surface area contributed by atoms with E-state index in [1.807, 2.05) is 6.07 Å². The Hall–Kier alpha value is -2.26. The van der Waals surface area contributed by atoms with E-state index in [2.05, 4.69) is 28.9 Å². The van der Waals surface area contributed by atoms with E-state index < -0.39 is 9.84 Å². The second kappa shape index (κ2) is 10.0. The predicted octanol–water partition coefficient (Wildman–Crippen LogP) is 5.06. The highest BCUT2D eigenvalue weighted by Crippen LogP contribution is 2.33. The number of thiazole rings is 1. The highest BCUT2D eigenvalue weighted by Gasteiger charge is 2.38. The van der Waals surface area contributed by atoms with Gasteiger partial charge in [0.1, 0.15) is 10.8 Å². The maximum absolute atomic E-state index is 13.4. The molecule has 1 amide bonds. The van der Waals surface area contributed by atoms with Crippen LogP contribution in [0.3, 0.4) is 0 Å². The average Bonchev–Trinajstić information content (AvgIpc) is 3.48. The fraction of sp³-hybridized carbons (Fsp3) is 0.385. The molecule has 5 rings (SSSR count). The molecule has 0 bridgehead atoms. The lowest BCUT2D eigenvalue weighted by Gasteiger charge is -2.36. The highest BCUT2D eigenvalue weighted by atomic mass is 35.5. The number of aryl methyl sites for hydroxylation is 1. The summed E-state index contributed by atoms with van der Waals surface area (Å²) < 4.78 is 25.4. The van der Waals surface area contributed by atoms with E-state index in [0.29, 0.717) is 17.5 Å². The van der Waals surface area contributed by atoms with Gasteiger partial charge in [-0.25, -0.2) is 13.4 Å².